The number of rotatable bonds is 3. The Morgan fingerprint density at radius 2 is 1.24 bits per heavy atom. The van der Waals surface area contributed by atoms with Gasteiger partial charge in [-0.05, 0) is 27.7 Å². The molecule has 0 amide bonds. The lowest BCUT2D eigenvalue weighted by molar-refractivity contribution is -0.870. The van der Waals surface area contributed by atoms with Crippen LogP contribution in [-0.4, -0.2) is 50.5 Å². The van der Waals surface area contributed by atoms with Crippen LogP contribution in [0.15, 0.2) is 0 Å². The van der Waals surface area contributed by atoms with Gasteiger partial charge < -0.3 is 21.6 Å². The summed E-state index contributed by atoms with van der Waals surface area (Å²) in [4.78, 5) is 21.8. The first-order chi connectivity index (χ1) is 8.57. The Hall–Kier alpha value is -0.610. The smallest absolute Gasteiger partial charge is 0.311 e. The van der Waals surface area contributed by atoms with Gasteiger partial charge in [-0.3, -0.25) is 9.59 Å². The predicted octanol–water partition coefficient (Wildman–Crippen LogP) is -0.0926. The van der Waals surface area contributed by atoms with Crippen molar-refractivity contribution < 1.29 is 31.2 Å². The number of Topliss-reactive ketones (excluding diaryl/α,β-unsaturated/α-hetero) is 1. The number of ether oxygens (including phenoxy) is 1. The maximum Gasteiger partial charge on any atom is 0.311 e. The molecule has 0 heterocycles. The highest BCUT2D eigenvalue weighted by Crippen LogP contribution is 2.15. The molecule has 0 saturated carbocycles. The van der Waals surface area contributed by atoms with Gasteiger partial charge in [0.25, 0.3) is 0 Å². The van der Waals surface area contributed by atoms with E-state index in [0.29, 0.717) is 6.61 Å². The number of quaternary nitrogens is 1. The van der Waals surface area contributed by atoms with Crippen LogP contribution >= 0.6 is 0 Å². The molecule has 0 aromatic heterocycles. The standard InChI is InChI=1S/C10H22NO2.C6H12O.ClH/c1-10(2,3)9(12)13-8-7-11(4,5)6;1-5(7)6(2,3)4;/h7-8H2,1-6H3;1-4H3;1H/q+1;;/p-1. The number of nitrogens with zero attached hydrogens (tertiary/aromatic N) is 1. The summed E-state index contributed by atoms with van der Waals surface area (Å²) in [5.41, 5.74) is -0.523. The van der Waals surface area contributed by atoms with Crippen molar-refractivity contribution in [2.45, 2.75) is 48.5 Å². The zero-order valence-corrected chi connectivity index (χ0v) is 16.2. The fraction of sp³-hybridized carbons (Fsp3) is 0.875. The molecule has 0 fully saturated rings. The van der Waals surface area contributed by atoms with Crippen molar-refractivity contribution >= 4 is 11.8 Å². The van der Waals surface area contributed by atoms with E-state index in [1.165, 1.54) is 0 Å². The van der Waals surface area contributed by atoms with Gasteiger partial charge in [0.15, 0.2) is 0 Å². The lowest BCUT2D eigenvalue weighted by Gasteiger charge is -2.24. The number of ketones is 1. The lowest BCUT2D eigenvalue weighted by Crippen LogP contribution is -3.00. The van der Waals surface area contributed by atoms with Crippen molar-refractivity contribution in [3.8, 4) is 0 Å². The fourth-order valence-corrected chi connectivity index (χ4v) is 0.629. The number of hydrogen-bond donors (Lipinski definition) is 0. The van der Waals surface area contributed by atoms with Crippen molar-refractivity contribution in [2.75, 3.05) is 34.3 Å². The molecule has 0 unspecified atom stereocenters. The van der Waals surface area contributed by atoms with Gasteiger partial charge in [-0.15, -0.1) is 0 Å². The summed E-state index contributed by atoms with van der Waals surface area (Å²) < 4.78 is 5.94. The van der Waals surface area contributed by atoms with Gasteiger partial charge in [-0.2, -0.15) is 0 Å². The molecule has 0 radical (unpaired) electrons. The van der Waals surface area contributed by atoms with Gasteiger partial charge in [0.2, 0.25) is 0 Å². The van der Waals surface area contributed by atoms with Gasteiger partial charge in [0.1, 0.15) is 18.9 Å². The van der Waals surface area contributed by atoms with Gasteiger partial charge >= 0.3 is 5.97 Å². The second-order valence-electron chi connectivity index (χ2n) is 8.21. The van der Waals surface area contributed by atoms with E-state index < -0.39 is 0 Å². The third kappa shape index (κ3) is 17.3. The molecule has 0 spiro atoms. The van der Waals surface area contributed by atoms with E-state index in [2.05, 4.69) is 21.1 Å². The normalized spacial score (nSPS) is 11.7. The lowest BCUT2D eigenvalue weighted by atomic mass is 9.92. The van der Waals surface area contributed by atoms with Crippen LogP contribution in [0.25, 0.3) is 0 Å². The van der Waals surface area contributed by atoms with Crippen molar-refractivity contribution in [3.05, 3.63) is 0 Å². The van der Waals surface area contributed by atoms with Crippen LogP contribution in [0.3, 0.4) is 0 Å². The van der Waals surface area contributed by atoms with Crippen molar-refractivity contribution in [1.29, 1.82) is 0 Å². The number of hydrogen-bond acceptors (Lipinski definition) is 3. The molecule has 0 aliphatic rings. The molecule has 0 rings (SSSR count). The molecule has 0 saturated heterocycles. The minimum absolute atomic E-state index is 0. The average molecular weight is 324 g/mol. The van der Waals surface area contributed by atoms with E-state index >= 15 is 0 Å². The molecule has 0 aromatic rings. The number of carbonyl (C=O) groups is 2. The average Bonchev–Trinajstić information content (AvgIpc) is 2.13. The summed E-state index contributed by atoms with van der Waals surface area (Å²) in [5.74, 6) is 0.119. The zero-order chi connectivity index (χ0) is 16.8. The second-order valence-corrected chi connectivity index (χ2v) is 8.21. The van der Waals surface area contributed by atoms with Gasteiger partial charge in [-0.1, -0.05) is 20.8 Å². The van der Waals surface area contributed by atoms with E-state index in [9.17, 15) is 9.59 Å². The van der Waals surface area contributed by atoms with Gasteiger partial charge in [0, 0.05) is 5.41 Å². The van der Waals surface area contributed by atoms with Crippen LogP contribution < -0.4 is 12.4 Å². The first kappa shape index (κ1) is 25.3. The number of halogens is 1. The quantitative estimate of drug-likeness (QED) is 0.538. The SMILES string of the molecule is CC(=O)C(C)(C)C.CC(C)(C)C(=O)OCC[N+](C)(C)C.[Cl-]. The summed E-state index contributed by atoms with van der Waals surface area (Å²) >= 11 is 0. The minimum atomic E-state index is -0.384. The van der Waals surface area contributed by atoms with E-state index in [4.69, 9.17) is 4.74 Å². The fourth-order valence-electron chi connectivity index (χ4n) is 0.629. The molecule has 0 atom stereocenters. The van der Waals surface area contributed by atoms with Crippen LogP contribution in [0, 0.1) is 10.8 Å². The molecule has 128 valence electrons. The Labute approximate surface area is 137 Å². The van der Waals surface area contributed by atoms with Crippen molar-refractivity contribution in [3.63, 3.8) is 0 Å². The molecule has 0 aromatic carbocycles. The summed E-state index contributed by atoms with van der Waals surface area (Å²) in [6, 6.07) is 0. The Morgan fingerprint density at radius 3 is 1.43 bits per heavy atom. The Bertz CT molecular complexity index is 320. The minimum Gasteiger partial charge on any atom is -1.00 e. The monoisotopic (exact) mass is 323 g/mol. The number of likely N-dealkylation sites (N-methyl/N-ethyl adjacent to an activating group) is 1. The topological polar surface area (TPSA) is 43.4 Å². The molecule has 5 heteroatoms. The highest BCUT2D eigenvalue weighted by molar-refractivity contribution is 5.80. The van der Waals surface area contributed by atoms with Crippen LogP contribution in [0.4, 0.5) is 0 Å². The molecule has 0 aliphatic carbocycles. The third-order valence-corrected chi connectivity index (χ3v) is 2.66. The van der Waals surface area contributed by atoms with E-state index in [0.717, 1.165) is 11.0 Å². The number of carbonyl (C=O) groups excluding carboxylic acids is 2. The first-order valence-electron chi connectivity index (χ1n) is 7.06. The van der Waals surface area contributed by atoms with Crippen LogP contribution in [0.5, 0.6) is 0 Å². The molecule has 0 N–H and O–H groups in total. The van der Waals surface area contributed by atoms with E-state index in [1.807, 2.05) is 41.5 Å². The van der Waals surface area contributed by atoms with Gasteiger partial charge in [0.05, 0.1) is 26.6 Å². The van der Waals surface area contributed by atoms with Crippen LogP contribution in [0.1, 0.15) is 48.5 Å². The van der Waals surface area contributed by atoms with Crippen molar-refractivity contribution in [2.24, 2.45) is 10.8 Å². The Balaban J connectivity index is -0.000000347. The highest BCUT2D eigenvalue weighted by atomic mass is 35.5. The summed E-state index contributed by atoms with van der Waals surface area (Å²) in [6.45, 7) is 14.3. The van der Waals surface area contributed by atoms with Crippen molar-refractivity contribution in [1.82, 2.24) is 0 Å². The highest BCUT2D eigenvalue weighted by Gasteiger charge is 2.23. The molecular formula is C16H34ClNO3. The van der Waals surface area contributed by atoms with Gasteiger partial charge in [-0.25, -0.2) is 0 Å². The Morgan fingerprint density at radius 1 is 0.905 bits per heavy atom. The molecule has 0 bridgehead atoms. The molecule has 4 nitrogen and oxygen atoms in total. The van der Waals surface area contributed by atoms with Crippen LogP contribution in [-0.2, 0) is 14.3 Å². The third-order valence-electron chi connectivity index (χ3n) is 2.66. The molecule has 0 aliphatic heterocycles. The molecular weight excluding hydrogens is 290 g/mol. The summed E-state index contributed by atoms with van der Waals surface area (Å²) in [5, 5.41) is 0. The van der Waals surface area contributed by atoms with E-state index in [-0.39, 0.29) is 35.0 Å². The number of esters is 1. The maximum absolute atomic E-state index is 11.3. The zero-order valence-electron chi connectivity index (χ0n) is 15.5. The Kier molecular flexibility index (Phi) is 11.4. The van der Waals surface area contributed by atoms with Crippen LogP contribution in [0.2, 0.25) is 0 Å². The second kappa shape index (κ2) is 9.42. The maximum atomic E-state index is 11.3. The summed E-state index contributed by atoms with van der Waals surface area (Å²) in [6.07, 6.45) is 0. The largest absolute Gasteiger partial charge is 1.00 e. The molecule has 21 heavy (non-hydrogen) atoms. The van der Waals surface area contributed by atoms with E-state index in [1.54, 1.807) is 6.92 Å². The predicted molar refractivity (Wildman–Crippen MR) is 83.4 cm³/mol. The first-order valence-corrected chi connectivity index (χ1v) is 7.06. The summed E-state index contributed by atoms with van der Waals surface area (Å²) in [7, 11) is 6.22.